The molecule has 0 unspecified atom stereocenters. The molecule has 0 aliphatic carbocycles. The van der Waals surface area contributed by atoms with Gasteiger partial charge in [-0.3, -0.25) is 4.79 Å². The van der Waals surface area contributed by atoms with E-state index in [2.05, 4.69) is 10.3 Å². The fourth-order valence-corrected chi connectivity index (χ4v) is 2.63. The lowest BCUT2D eigenvalue weighted by atomic mass is 10.2. The minimum Gasteiger partial charge on any atom is -0.474 e. The lowest BCUT2D eigenvalue weighted by Crippen LogP contribution is -2.21. The quantitative estimate of drug-likeness (QED) is 0.627. The highest BCUT2D eigenvalue weighted by Gasteiger charge is 2.15. The van der Waals surface area contributed by atoms with Crippen molar-refractivity contribution in [1.29, 1.82) is 0 Å². The minimum absolute atomic E-state index is 0.268. The van der Waals surface area contributed by atoms with Crippen molar-refractivity contribution in [3.05, 3.63) is 53.2 Å². The van der Waals surface area contributed by atoms with Crippen molar-refractivity contribution in [2.45, 2.75) is 6.92 Å². The van der Waals surface area contributed by atoms with Crippen LogP contribution in [0.5, 0.6) is 11.5 Å². The first-order valence-corrected chi connectivity index (χ1v) is 7.41. The molecule has 1 amide bonds. The predicted molar refractivity (Wildman–Crippen MR) is 90.8 cm³/mol. The number of aromatic nitrogens is 1. The van der Waals surface area contributed by atoms with Crippen LogP contribution in [0.25, 0.3) is 10.9 Å². The molecule has 0 aliphatic heterocycles. The molecule has 0 radical (unpaired) electrons. The van der Waals surface area contributed by atoms with Crippen molar-refractivity contribution in [1.82, 2.24) is 4.98 Å². The molecule has 3 rings (SSSR count). The largest absolute Gasteiger partial charge is 0.474 e. The molecule has 122 valence electrons. The molecule has 0 saturated carbocycles. The number of carboxylic acids is 1. The Kier molecular flexibility index (Phi) is 4.14. The van der Waals surface area contributed by atoms with Gasteiger partial charge in [-0.1, -0.05) is 11.6 Å². The van der Waals surface area contributed by atoms with Gasteiger partial charge >= 0.3 is 11.9 Å². The molecule has 0 spiro atoms. The molecule has 6 nitrogen and oxygen atoms in total. The van der Waals surface area contributed by atoms with E-state index in [0.717, 1.165) is 10.9 Å². The zero-order chi connectivity index (χ0) is 17.3. The number of hydrogen-bond donors (Lipinski definition) is 3. The van der Waals surface area contributed by atoms with Crippen molar-refractivity contribution in [3.63, 3.8) is 0 Å². The Labute approximate surface area is 142 Å². The van der Waals surface area contributed by atoms with Gasteiger partial charge in [0.2, 0.25) is 0 Å². The van der Waals surface area contributed by atoms with Gasteiger partial charge in [0.15, 0.2) is 0 Å². The van der Waals surface area contributed by atoms with Crippen LogP contribution < -0.4 is 10.1 Å². The summed E-state index contributed by atoms with van der Waals surface area (Å²) in [6, 6.07) is 10.6. The summed E-state index contributed by atoms with van der Waals surface area (Å²) < 4.78 is 5.85. The van der Waals surface area contributed by atoms with E-state index in [0.29, 0.717) is 22.7 Å². The number of aliphatic carboxylic acids is 1. The summed E-state index contributed by atoms with van der Waals surface area (Å²) in [4.78, 5) is 24.9. The maximum Gasteiger partial charge on any atom is 0.394 e. The van der Waals surface area contributed by atoms with Gasteiger partial charge in [0, 0.05) is 22.8 Å². The molecule has 24 heavy (non-hydrogen) atoms. The fraction of sp³-hybridized carbons (Fsp3) is 0.0588. The minimum atomic E-state index is -1.57. The number of H-pyrrole nitrogens is 1. The SMILES string of the molecule is Cc1cc(NC(=O)C(=O)O)cc(Cl)c1Oc1ccc2[nH]ccc2c1. The molecule has 0 bridgehead atoms. The normalized spacial score (nSPS) is 10.6. The molecule has 2 aromatic carbocycles. The first kappa shape index (κ1) is 15.9. The van der Waals surface area contributed by atoms with E-state index < -0.39 is 11.9 Å². The highest BCUT2D eigenvalue weighted by Crippen LogP contribution is 2.36. The van der Waals surface area contributed by atoms with Crippen LogP contribution in [0.2, 0.25) is 5.02 Å². The molecular weight excluding hydrogens is 332 g/mol. The Bertz CT molecular complexity index is 926. The molecule has 0 atom stereocenters. The monoisotopic (exact) mass is 344 g/mol. The van der Waals surface area contributed by atoms with Crippen LogP contribution in [-0.2, 0) is 9.59 Å². The van der Waals surface area contributed by atoms with E-state index in [1.807, 2.05) is 30.5 Å². The van der Waals surface area contributed by atoms with Crippen molar-refractivity contribution in [3.8, 4) is 11.5 Å². The lowest BCUT2D eigenvalue weighted by Gasteiger charge is -2.13. The second kappa shape index (κ2) is 6.25. The topological polar surface area (TPSA) is 91.4 Å². The summed E-state index contributed by atoms with van der Waals surface area (Å²) in [7, 11) is 0. The summed E-state index contributed by atoms with van der Waals surface area (Å²) in [5.41, 5.74) is 1.95. The summed E-state index contributed by atoms with van der Waals surface area (Å²) in [6.45, 7) is 1.76. The predicted octanol–water partition coefficient (Wildman–Crippen LogP) is 3.95. The third-order valence-corrected chi connectivity index (χ3v) is 3.71. The number of hydrogen-bond acceptors (Lipinski definition) is 3. The molecule has 0 fully saturated rings. The molecule has 1 aromatic heterocycles. The van der Waals surface area contributed by atoms with E-state index in [-0.39, 0.29) is 5.02 Å². The second-order valence-electron chi connectivity index (χ2n) is 5.19. The van der Waals surface area contributed by atoms with Crippen LogP contribution in [0.15, 0.2) is 42.6 Å². The van der Waals surface area contributed by atoms with Crippen molar-refractivity contribution in [2.75, 3.05) is 5.32 Å². The van der Waals surface area contributed by atoms with E-state index in [1.165, 1.54) is 6.07 Å². The van der Waals surface area contributed by atoms with Crippen LogP contribution in [0.3, 0.4) is 0 Å². The lowest BCUT2D eigenvalue weighted by molar-refractivity contribution is -0.147. The van der Waals surface area contributed by atoms with Gasteiger partial charge in [-0.25, -0.2) is 4.79 Å². The standard InChI is InChI=1S/C17H13ClN2O4/c1-9-6-11(20-16(21)17(22)23)8-13(18)15(9)24-12-2-3-14-10(7-12)4-5-19-14/h2-8,19H,1H3,(H,20,21)(H,22,23). The van der Waals surface area contributed by atoms with E-state index >= 15 is 0 Å². The van der Waals surface area contributed by atoms with Crippen LogP contribution in [-0.4, -0.2) is 22.0 Å². The van der Waals surface area contributed by atoms with Gasteiger partial charge in [-0.05, 0) is 48.9 Å². The Hall–Kier alpha value is -2.99. The molecule has 7 heteroatoms. The number of benzene rings is 2. The van der Waals surface area contributed by atoms with Crippen molar-refractivity contribution >= 4 is 40.1 Å². The van der Waals surface area contributed by atoms with Crippen LogP contribution >= 0.6 is 11.6 Å². The van der Waals surface area contributed by atoms with Gasteiger partial charge < -0.3 is 20.1 Å². The van der Waals surface area contributed by atoms with Crippen LogP contribution in [0.1, 0.15) is 5.56 Å². The highest BCUT2D eigenvalue weighted by atomic mass is 35.5. The molecular formula is C17H13ClN2O4. The molecule has 0 saturated heterocycles. The third-order valence-electron chi connectivity index (χ3n) is 3.43. The maximum absolute atomic E-state index is 11.2. The van der Waals surface area contributed by atoms with E-state index in [4.69, 9.17) is 21.4 Å². The van der Waals surface area contributed by atoms with Crippen molar-refractivity contribution < 1.29 is 19.4 Å². The molecule has 3 aromatic rings. The number of rotatable bonds is 3. The summed E-state index contributed by atoms with van der Waals surface area (Å²) in [5, 5.41) is 12.2. The van der Waals surface area contributed by atoms with Gasteiger partial charge in [0.05, 0.1) is 5.02 Å². The summed E-state index contributed by atoms with van der Waals surface area (Å²) >= 11 is 6.21. The number of nitrogens with one attached hydrogen (secondary N) is 2. The summed E-state index contributed by atoms with van der Waals surface area (Å²) in [5.74, 6) is -1.63. The van der Waals surface area contributed by atoms with Crippen LogP contribution in [0, 0.1) is 6.92 Å². The van der Waals surface area contributed by atoms with Gasteiger partial charge in [-0.15, -0.1) is 0 Å². The number of carbonyl (C=O) groups excluding carboxylic acids is 1. The number of fused-ring (bicyclic) bond motifs is 1. The first-order valence-electron chi connectivity index (χ1n) is 7.03. The molecule has 3 N–H and O–H groups in total. The Morgan fingerprint density at radius 3 is 2.71 bits per heavy atom. The molecule has 1 heterocycles. The maximum atomic E-state index is 11.2. The van der Waals surface area contributed by atoms with Gasteiger partial charge in [0.1, 0.15) is 11.5 Å². The van der Waals surface area contributed by atoms with Gasteiger partial charge in [0.25, 0.3) is 0 Å². The first-order chi connectivity index (χ1) is 11.4. The number of halogens is 1. The highest BCUT2D eigenvalue weighted by molar-refractivity contribution is 6.37. The number of aryl methyl sites for hydroxylation is 1. The zero-order valence-corrected chi connectivity index (χ0v) is 13.3. The van der Waals surface area contributed by atoms with Crippen molar-refractivity contribution in [2.24, 2.45) is 0 Å². The smallest absolute Gasteiger partial charge is 0.394 e. The number of anilines is 1. The van der Waals surface area contributed by atoms with E-state index in [9.17, 15) is 9.59 Å². The van der Waals surface area contributed by atoms with Gasteiger partial charge in [-0.2, -0.15) is 0 Å². The number of aromatic amines is 1. The third kappa shape index (κ3) is 3.18. The Morgan fingerprint density at radius 1 is 1.21 bits per heavy atom. The number of carboxylic acid groups (broad SMARTS) is 1. The van der Waals surface area contributed by atoms with Crippen LogP contribution in [0.4, 0.5) is 5.69 Å². The fourth-order valence-electron chi connectivity index (χ4n) is 2.33. The average Bonchev–Trinajstić information content (AvgIpc) is 2.98. The summed E-state index contributed by atoms with van der Waals surface area (Å²) in [6.07, 6.45) is 1.84. The Balaban J connectivity index is 1.87. The Morgan fingerprint density at radius 2 is 2.00 bits per heavy atom. The van der Waals surface area contributed by atoms with E-state index in [1.54, 1.807) is 13.0 Å². The second-order valence-corrected chi connectivity index (χ2v) is 5.60. The zero-order valence-electron chi connectivity index (χ0n) is 12.6. The number of ether oxygens (including phenoxy) is 1. The number of amides is 1. The number of carbonyl (C=O) groups is 2. The molecule has 0 aliphatic rings. The average molecular weight is 345 g/mol.